The Balaban J connectivity index is 1.65. The summed E-state index contributed by atoms with van der Waals surface area (Å²) in [4.78, 5) is 27.2. The van der Waals surface area contributed by atoms with Crippen LogP contribution in [0.1, 0.15) is 28.8 Å². The molecule has 0 bridgehead atoms. The minimum Gasteiger partial charge on any atom is -0.493 e. The van der Waals surface area contributed by atoms with E-state index in [1.165, 1.54) is 27.4 Å². The summed E-state index contributed by atoms with van der Waals surface area (Å²) in [7, 11) is 4.37. The predicted octanol–water partition coefficient (Wildman–Crippen LogP) is 4.88. The maximum atomic E-state index is 13.1. The van der Waals surface area contributed by atoms with E-state index in [9.17, 15) is 22.8 Å². The van der Waals surface area contributed by atoms with E-state index in [0.717, 1.165) is 12.1 Å². The maximum Gasteiger partial charge on any atom is 0.417 e. The van der Waals surface area contributed by atoms with Crippen LogP contribution >= 0.6 is 11.6 Å². The van der Waals surface area contributed by atoms with Gasteiger partial charge in [0.25, 0.3) is 5.91 Å². The molecule has 0 spiro atoms. The number of piperidine rings is 1. The zero-order valence-electron chi connectivity index (χ0n) is 18.8. The smallest absolute Gasteiger partial charge is 0.417 e. The molecule has 2 amide bonds. The van der Waals surface area contributed by atoms with Gasteiger partial charge in [-0.25, -0.2) is 0 Å². The fourth-order valence-electron chi connectivity index (χ4n) is 3.80. The molecule has 7 nitrogen and oxygen atoms in total. The van der Waals surface area contributed by atoms with Gasteiger partial charge in [0.1, 0.15) is 0 Å². The lowest BCUT2D eigenvalue weighted by molar-refractivity contribution is -0.137. The average molecular weight is 501 g/mol. The molecular formula is C23H24ClF3N2O5. The van der Waals surface area contributed by atoms with Gasteiger partial charge in [0.2, 0.25) is 11.7 Å². The standard InChI is InChI=1S/C23H24ClF3N2O5/c1-32-18-10-14(11-19(33-2)20(18)34-3)22(31)29-8-6-13(7-9-29)21(30)28-15-4-5-17(24)16(12-15)23(25,26)27/h4-5,10-13H,6-9H2,1-3H3,(H,28,30). The Kier molecular flexibility index (Phi) is 7.81. The summed E-state index contributed by atoms with van der Waals surface area (Å²) in [5, 5.41) is 2.08. The van der Waals surface area contributed by atoms with Crippen molar-refractivity contribution in [3.05, 3.63) is 46.5 Å². The number of nitrogens with zero attached hydrogens (tertiary/aromatic N) is 1. The molecule has 1 N–H and O–H groups in total. The van der Waals surface area contributed by atoms with Crippen molar-refractivity contribution in [1.82, 2.24) is 4.90 Å². The molecular weight excluding hydrogens is 477 g/mol. The lowest BCUT2D eigenvalue weighted by Crippen LogP contribution is -2.41. The molecule has 2 aromatic rings. The first kappa shape index (κ1) is 25.5. The lowest BCUT2D eigenvalue weighted by atomic mass is 9.95. The monoisotopic (exact) mass is 500 g/mol. The fraction of sp³-hybridized carbons (Fsp3) is 0.391. The summed E-state index contributed by atoms with van der Waals surface area (Å²) >= 11 is 5.62. The summed E-state index contributed by atoms with van der Waals surface area (Å²) in [6, 6.07) is 6.34. The van der Waals surface area contributed by atoms with Gasteiger partial charge in [0, 0.05) is 30.3 Å². The minimum atomic E-state index is -4.63. The molecule has 0 radical (unpaired) electrons. The number of carbonyl (C=O) groups is 2. The van der Waals surface area contributed by atoms with Crippen LogP contribution in [0.5, 0.6) is 17.2 Å². The molecule has 0 aliphatic carbocycles. The number of ether oxygens (including phenoxy) is 3. The van der Waals surface area contributed by atoms with Crippen LogP contribution in [0.25, 0.3) is 0 Å². The highest BCUT2D eigenvalue weighted by Gasteiger charge is 2.34. The Morgan fingerprint density at radius 2 is 1.59 bits per heavy atom. The summed E-state index contributed by atoms with van der Waals surface area (Å²) < 4.78 is 55.0. The highest BCUT2D eigenvalue weighted by Crippen LogP contribution is 2.39. The van der Waals surface area contributed by atoms with Gasteiger partial charge in [-0.05, 0) is 43.2 Å². The second-order valence-electron chi connectivity index (χ2n) is 7.66. The maximum absolute atomic E-state index is 13.1. The third kappa shape index (κ3) is 5.49. The van der Waals surface area contributed by atoms with Crippen LogP contribution in [-0.4, -0.2) is 51.1 Å². The molecule has 11 heteroatoms. The Labute approximate surface area is 199 Å². The topological polar surface area (TPSA) is 77.1 Å². The van der Waals surface area contributed by atoms with Crippen molar-refractivity contribution in [1.29, 1.82) is 0 Å². The molecule has 2 aromatic carbocycles. The van der Waals surface area contributed by atoms with E-state index in [-0.39, 0.29) is 11.6 Å². The number of benzene rings is 2. The van der Waals surface area contributed by atoms with Crippen LogP contribution in [-0.2, 0) is 11.0 Å². The molecule has 0 atom stereocenters. The molecule has 1 fully saturated rings. The van der Waals surface area contributed by atoms with E-state index >= 15 is 0 Å². The lowest BCUT2D eigenvalue weighted by Gasteiger charge is -2.31. The van der Waals surface area contributed by atoms with Crippen LogP contribution < -0.4 is 19.5 Å². The number of hydrogen-bond donors (Lipinski definition) is 1. The number of halogens is 4. The van der Waals surface area contributed by atoms with Gasteiger partial charge < -0.3 is 24.4 Å². The number of rotatable bonds is 6. The largest absolute Gasteiger partial charge is 0.493 e. The van der Waals surface area contributed by atoms with Crippen molar-refractivity contribution in [3.8, 4) is 17.2 Å². The highest BCUT2D eigenvalue weighted by molar-refractivity contribution is 6.31. The third-order valence-electron chi connectivity index (χ3n) is 5.60. The van der Waals surface area contributed by atoms with Crippen molar-refractivity contribution in [2.45, 2.75) is 19.0 Å². The molecule has 1 heterocycles. The number of amides is 2. The first-order valence-corrected chi connectivity index (χ1v) is 10.7. The molecule has 3 rings (SSSR count). The van der Waals surface area contributed by atoms with Crippen LogP contribution in [0.15, 0.2) is 30.3 Å². The van der Waals surface area contributed by atoms with Crippen molar-refractivity contribution >= 4 is 29.1 Å². The number of alkyl halides is 3. The predicted molar refractivity (Wildman–Crippen MR) is 120 cm³/mol. The van der Waals surface area contributed by atoms with Gasteiger partial charge >= 0.3 is 6.18 Å². The second-order valence-corrected chi connectivity index (χ2v) is 8.07. The van der Waals surface area contributed by atoms with Crippen LogP contribution in [0.3, 0.4) is 0 Å². The zero-order valence-corrected chi connectivity index (χ0v) is 19.5. The van der Waals surface area contributed by atoms with E-state index in [4.69, 9.17) is 25.8 Å². The number of nitrogens with one attached hydrogen (secondary N) is 1. The number of methoxy groups -OCH3 is 3. The minimum absolute atomic E-state index is 0.0117. The van der Waals surface area contributed by atoms with Gasteiger partial charge in [0.15, 0.2) is 11.5 Å². The van der Waals surface area contributed by atoms with Gasteiger partial charge in [0.05, 0.1) is 31.9 Å². The summed E-state index contributed by atoms with van der Waals surface area (Å²) in [5.74, 6) is -0.0518. The van der Waals surface area contributed by atoms with Crippen molar-refractivity contribution in [3.63, 3.8) is 0 Å². The molecule has 1 aliphatic heterocycles. The van der Waals surface area contributed by atoms with E-state index in [1.54, 1.807) is 17.0 Å². The first-order chi connectivity index (χ1) is 16.1. The first-order valence-electron chi connectivity index (χ1n) is 10.4. The zero-order chi connectivity index (χ0) is 25.0. The molecule has 0 unspecified atom stereocenters. The number of carbonyl (C=O) groups excluding carboxylic acids is 2. The van der Waals surface area contributed by atoms with Gasteiger partial charge in [-0.15, -0.1) is 0 Å². The van der Waals surface area contributed by atoms with E-state index in [0.29, 0.717) is 48.7 Å². The SMILES string of the molecule is COc1cc(C(=O)N2CCC(C(=O)Nc3ccc(Cl)c(C(F)(F)F)c3)CC2)cc(OC)c1OC. The molecule has 1 aliphatic rings. The number of likely N-dealkylation sites (tertiary alicyclic amines) is 1. The Morgan fingerprint density at radius 3 is 2.09 bits per heavy atom. The van der Waals surface area contributed by atoms with Gasteiger partial charge in [-0.3, -0.25) is 9.59 Å². The van der Waals surface area contributed by atoms with Gasteiger partial charge in [-0.1, -0.05) is 11.6 Å². The van der Waals surface area contributed by atoms with Crippen LogP contribution in [0.2, 0.25) is 5.02 Å². The Hall–Kier alpha value is -3.14. The Bertz CT molecular complexity index is 1040. The fourth-order valence-corrected chi connectivity index (χ4v) is 4.02. The van der Waals surface area contributed by atoms with Crippen molar-refractivity contribution < 1.29 is 37.0 Å². The van der Waals surface area contributed by atoms with Crippen LogP contribution in [0, 0.1) is 5.92 Å². The Morgan fingerprint density at radius 1 is 1.00 bits per heavy atom. The number of anilines is 1. The van der Waals surface area contributed by atoms with Crippen molar-refractivity contribution in [2.24, 2.45) is 5.92 Å². The van der Waals surface area contributed by atoms with Crippen molar-refractivity contribution in [2.75, 3.05) is 39.7 Å². The molecule has 184 valence electrons. The second kappa shape index (κ2) is 10.4. The summed E-state index contributed by atoms with van der Waals surface area (Å²) in [6.45, 7) is 0.615. The van der Waals surface area contributed by atoms with Gasteiger partial charge in [-0.2, -0.15) is 13.2 Å². The highest BCUT2D eigenvalue weighted by atomic mass is 35.5. The third-order valence-corrected chi connectivity index (χ3v) is 5.93. The molecule has 0 saturated carbocycles. The van der Waals surface area contributed by atoms with E-state index in [2.05, 4.69) is 5.32 Å². The molecule has 1 saturated heterocycles. The normalized spacial score (nSPS) is 14.5. The molecule has 0 aromatic heterocycles. The number of hydrogen-bond acceptors (Lipinski definition) is 5. The molecule has 34 heavy (non-hydrogen) atoms. The quantitative estimate of drug-likeness (QED) is 0.612. The summed E-state index contributed by atoms with van der Waals surface area (Å²) in [5.41, 5.74) is -0.659. The van der Waals surface area contributed by atoms with E-state index < -0.39 is 28.6 Å². The van der Waals surface area contributed by atoms with Crippen LogP contribution in [0.4, 0.5) is 18.9 Å². The summed E-state index contributed by atoms with van der Waals surface area (Å²) in [6.07, 6.45) is -3.90. The van der Waals surface area contributed by atoms with E-state index in [1.807, 2.05) is 0 Å². The average Bonchev–Trinajstić information content (AvgIpc) is 2.83.